The minimum Gasteiger partial charge on any atom is -0.384 e. The molecule has 1 fully saturated rings. The molecule has 0 atom stereocenters. The van der Waals surface area contributed by atoms with Crippen LogP contribution in [-0.2, 0) is 10.0 Å². The van der Waals surface area contributed by atoms with Crippen LogP contribution >= 0.6 is 22.9 Å². The second-order valence-corrected chi connectivity index (χ2v) is 12.9. The first kappa shape index (κ1) is 28.0. The lowest BCUT2D eigenvalue weighted by molar-refractivity contribution is 0.237. The van der Waals surface area contributed by atoms with Crippen molar-refractivity contribution in [1.29, 1.82) is 0 Å². The lowest BCUT2D eigenvalue weighted by atomic mass is 10.1. The van der Waals surface area contributed by atoms with E-state index in [1.807, 2.05) is 4.72 Å². The van der Waals surface area contributed by atoms with Crippen LogP contribution in [0.2, 0.25) is 4.34 Å². The summed E-state index contributed by atoms with van der Waals surface area (Å²) >= 11 is 6.55. The second kappa shape index (κ2) is 11.9. The van der Waals surface area contributed by atoms with Crippen molar-refractivity contribution in [3.05, 3.63) is 75.4 Å². The highest BCUT2D eigenvalue weighted by Gasteiger charge is 2.20. The van der Waals surface area contributed by atoms with Gasteiger partial charge in [0.2, 0.25) is 0 Å². The molecule has 4 aromatic rings. The Bertz CT molecular complexity index is 1720. The molecule has 3 heterocycles. The molecule has 1 aliphatic rings. The highest BCUT2D eigenvalue weighted by atomic mass is 35.5. The van der Waals surface area contributed by atoms with Crippen molar-refractivity contribution in [3.8, 4) is 5.69 Å². The van der Waals surface area contributed by atoms with Gasteiger partial charge < -0.3 is 15.5 Å². The van der Waals surface area contributed by atoms with Crippen LogP contribution in [0.4, 0.5) is 20.6 Å². The number of carbonyl (C=O) groups excluding carboxylic acids is 1. The normalized spacial score (nSPS) is 14.2. The summed E-state index contributed by atoms with van der Waals surface area (Å²) in [5, 5.41) is 5.97. The first-order chi connectivity index (χ1) is 19.2. The van der Waals surface area contributed by atoms with E-state index >= 15 is 4.39 Å². The van der Waals surface area contributed by atoms with Gasteiger partial charge in [0.15, 0.2) is 0 Å². The average molecular weight is 605 g/mol. The molecular weight excluding hydrogens is 579 g/mol. The number of amides is 2. The lowest BCUT2D eigenvalue weighted by Crippen LogP contribution is -2.34. The van der Waals surface area contributed by atoms with Crippen molar-refractivity contribution in [3.63, 3.8) is 0 Å². The van der Waals surface area contributed by atoms with E-state index in [1.165, 1.54) is 49.9 Å². The minimum absolute atomic E-state index is 0.0137. The number of halogens is 2. The van der Waals surface area contributed by atoms with Crippen LogP contribution in [0.5, 0.6) is 0 Å². The first-order valence-corrected chi connectivity index (χ1v) is 15.2. The zero-order chi connectivity index (χ0) is 28.3. The Morgan fingerprint density at radius 1 is 1.05 bits per heavy atom. The Kier molecular flexibility index (Phi) is 8.35. The maximum atomic E-state index is 15.0. The van der Waals surface area contributed by atoms with Gasteiger partial charge in [-0.05, 0) is 74.5 Å². The molecule has 0 saturated carbocycles. The van der Waals surface area contributed by atoms with E-state index in [9.17, 15) is 18.0 Å². The number of thiophene rings is 1. The van der Waals surface area contributed by atoms with Crippen LogP contribution < -0.4 is 20.9 Å². The molecule has 1 aliphatic heterocycles. The molecule has 2 aromatic carbocycles. The summed E-state index contributed by atoms with van der Waals surface area (Å²) in [6.07, 6.45) is 5.01. The van der Waals surface area contributed by atoms with Crippen molar-refractivity contribution in [2.45, 2.75) is 23.5 Å². The number of sulfonamides is 1. The lowest BCUT2D eigenvalue weighted by Gasteiger charge is -2.26. The molecule has 2 aromatic heterocycles. The Labute approximate surface area is 238 Å². The smallest absolute Gasteiger partial charge is 0.333 e. The monoisotopic (exact) mass is 604 g/mol. The number of benzene rings is 2. The molecule has 0 spiro atoms. The number of anilines is 2. The van der Waals surface area contributed by atoms with Gasteiger partial charge in [-0.25, -0.2) is 27.3 Å². The maximum Gasteiger partial charge on any atom is 0.333 e. The summed E-state index contributed by atoms with van der Waals surface area (Å²) in [6, 6.07) is 10.4. The van der Waals surface area contributed by atoms with E-state index in [-0.39, 0.29) is 19.9 Å². The molecule has 0 unspecified atom stereocenters. The van der Waals surface area contributed by atoms with E-state index in [4.69, 9.17) is 11.6 Å². The molecule has 10 nitrogen and oxygen atoms in total. The zero-order valence-corrected chi connectivity index (χ0v) is 23.6. The molecular formula is C26H26ClFN6O4S2. The summed E-state index contributed by atoms with van der Waals surface area (Å²) in [5.74, 6) is -0.815. The average Bonchev–Trinajstić information content (AvgIpc) is 3.37. The van der Waals surface area contributed by atoms with Gasteiger partial charge in [-0.3, -0.25) is 9.36 Å². The second-order valence-electron chi connectivity index (χ2n) is 9.27. The van der Waals surface area contributed by atoms with Gasteiger partial charge in [-0.15, -0.1) is 11.3 Å². The molecule has 1 saturated heterocycles. The van der Waals surface area contributed by atoms with Gasteiger partial charge in [0, 0.05) is 24.5 Å². The predicted molar refractivity (Wildman–Crippen MR) is 155 cm³/mol. The van der Waals surface area contributed by atoms with Crippen molar-refractivity contribution in [2.75, 3.05) is 36.8 Å². The number of urea groups is 1. The first-order valence-electron chi connectivity index (χ1n) is 12.6. The third-order valence-electron chi connectivity index (χ3n) is 6.47. The Hall–Kier alpha value is -3.52. The standard InChI is InChI=1S/C26H26ClFN6O4S2/c27-23-8-9-24(39-23)40(37,38)32-26(36)31-18-5-7-22(20(28)14-18)34-16-30-21-15-17(4-6-19(21)25(34)35)29-10-13-33-11-2-1-3-12-33/h4-9,14-16,29H,1-3,10-13H2,(H2,31,32,36). The molecule has 2 amide bonds. The molecule has 0 bridgehead atoms. The van der Waals surface area contributed by atoms with Gasteiger partial charge in [-0.2, -0.15) is 0 Å². The van der Waals surface area contributed by atoms with E-state index in [0.29, 0.717) is 10.9 Å². The summed E-state index contributed by atoms with van der Waals surface area (Å²) in [7, 11) is -4.14. The molecule has 210 valence electrons. The minimum atomic E-state index is -4.14. The van der Waals surface area contributed by atoms with E-state index in [2.05, 4.69) is 20.5 Å². The highest BCUT2D eigenvalue weighted by molar-refractivity contribution is 7.92. The van der Waals surface area contributed by atoms with Crippen LogP contribution in [0.1, 0.15) is 19.3 Å². The summed E-state index contributed by atoms with van der Waals surface area (Å²) in [4.78, 5) is 32.1. The number of aromatic nitrogens is 2. The number of hydrogen-bond acceptors (Lipinski definition) is 8. The summed E-state index contributed by atoms with van der Waals surface area (Å²) in [5.41, 5.74) is 0.782. The van der Waals surface area contributed by atoms with Crippen LogP contribution in [0, 0.1) is 5.82 Å². The number of nitrogens with one attached hydrogen (secondary N) is 3. The Morgan fingerprint density at radius 3 is 2.55 bits per heavy atom. The van der Waals surface area contributed by atoms with E-state index in [1.54, 1.807) is 18.2 Å². The number of piperidine rings is 1. The number of nitrogens with zero attached hydrogens (tertiary/aromatic N) is 3. The fourth-order valence-electron chi connectivity index (χ4n) is 4.50. The van der Waals surface area contributed by atoms with Gasteiger partial charge in [0.25, 0.3) is 15.6 Å². The van der Waals surface area contributed by atoms with E-state index in [0.717, 1.165) is 53.8 Å². The number of hydrogen-bond donors (Lipinski definition) is 3. The fourth-order valence-corrected chi connectivity index (χ4v) is 6.89. The molecule has 0 radical (unpaired) electrons. The topological polar surface area (TPSA) is 125 Å². The number of fused-ring (bicyclic) bond motifs is 1. The summed E-state index contributed by atoms with van der Waals surface area (Å²) < 4.78 is 42.6. The number of likely N-dealkylation sites (tertiary alicyclic amines) is 1. The van der Waals surface area contributed by atoms with Gasteiger partial charge >= 0.3 is 6.03 Å². The third kappa shape index (κ3) is 6.44. The molecule has 5 rings (SSSR count). The summed E-state index contributed by atoms with van der Waals surface area (Å²) in [6.45, 7) is 3.96. The molecule has 0 aliphatic carbocycles. The van der Waals surface area contributed by atoms with E-state index < -0.39 is 27.4 Å². The largest absolute Gasteiger partial charge is 0.384 e. The molecule has 40 heavy (non-hydrogen) atoms. The van der Waals surface area contributed by atoms with Crippen LogP contribution in [0.15, 0.2) is 63.9 Å². The van der Waals surface area contributed by atoms with Gasteiger partial charge in [0.05, 0.1) is 20.9 Å². The highest BCUT2D eigenvalue weighted by Crippen LogP contribution is 2.25. The Balaban J connectivity index is 1.27. The van der Waals surface area contributed by atoms with Gasteiger partial charge in [0.1, 0.15) is 16.4 Å². The predicted octanol–water partition coefficient (Wildman–Crippen LogP) is 4.65. The zero-order valence-electron chi connectivity index (χ0n) is 21.2. The number of carbonyl (C=O) groups is 1. The SMILES string of the molecule is O=C(Nc1ccc(-n2cnc3cc(NCCN4CCCCC4)ccc3c2=O)c(F)c1)NS(=O)(=O)c1ccc(Cl)s1. The Morgan fingerprint density at radius 2 is 1.82 bits per heavy atom. The molecule has 14 heteroatoms. The third-order valence-corrected chi connectivity index (χ3v) is 9.52. The van der Waals surface area contributed by atoms with Crippen LogP contribution in [0.3, 0.4) is 0 Å². The van der Waals surface area contributed by atoms with Gasteiger partial charge in [-0.1, -0.05) is 18.0 Å². The molecule has 3 N–H and O–H groups in total. The maximum absolute atomic E-state index is 15.0. The fraction of sp³-hybridized carbons (Fsp3) is 0.269. The van der Waals surface area contributed by atoms with Crippen molar-refractivity contribution < 1.29 is 17.6 Å². The van der Waals surface area contributed by atoms with Crippen molar-refractivity contribution in [1.82, 2.24) is 19.2 Å². The van der Waals surface area contributed by atoms with Crippen LogP contribution in [0.25, 0.3) is 16.6 Å². The van der Waals surface area contributed by atoms with Crippen molar-refractivity contribution in [2.24, 2.45) is 0 Å². The quantitative estimate of drug-likeness (QED) is 0.267. The number of rotatable bonds is 8. The van der Waals surface area contributed by atoms with Crippen molar-refractivity contribution >= 4 is 61.3 Å². The van der Waals surface area contributed by atoms with Crippen LogP contribution in [-0.4, -0.2) is 55.1 Å².